The first-order valence-electron chi connectivity index (χ1n) is 6.75. The summed E-state index contributed by atoms with van der Waals surface area (Å²) in [5.41, 5.74) is 1.86. The minimum atomic E-state index is -0.154. The second-order valence-corrected chi connectivity index (χ2v) is 4.71. The molecule has 0 aliphatic rings. The minimum absolute atomic E-state index is 0.154. The zero-order chi connectivity index (χ0) is 14.8. The first kappa shape index (κ1) is 13.2. The molecule has 3 heterocycles. The number of amides is 1. The fraction of sp³-hybridized carbons (Fsp3) is 0.200. The lowest BCUT2D eigenvalue weighted by Crippen LogP contribution is -2.07. The van der Waals surface area contributed by atoms with Gasteiger partial charge in [0.15, 0.2) is 5.82 Å². The summed E-state index contributed by atoms with van der Waals surface area (Å²) in [5.74, 6) is 1.10. The van der Waals surface area contributed by atoms with E-state index in [9.17, 15) is 4.79 Å². The highest BCUT2D eigenvalue weighted by Gasteiger charge is 2.08. The third-order valence-electron chi connectivity index (χ3n) is 3.13. The SMILES string of the molecule is CCc1cccc(-n2ncc3cnc(NC(C)=O)cc32)n1. The predicted molar refractivity (Wildman–Crippen MR) is 80.3 cm³/mol. The Kier molecular flexibility index (Phi) is 3.35. The van der Waals surface area contributed by atoms with Gasteiger partial charge in [0.2, 0.25) is 5.91 Å². The predicted octanol–water partition coefficient (Wildman–Crippen LogP) is 2.34. The molecule has 6 heteroatoms. The molecular formula is C15H15N5O. The van der Waals surface area contributed by atoms with Gasteiger partial charge in [0.05, 0.1) is 11.7 Å². The van der Waals surface area contributed by atoms with Crippen LogP contribution in [0.5, 0.6) is 0 Å². The van der Waals surface area contributed by atoms with Crippen LogP contribution < -0.4 is 5.32 Å². The zero-order valence-corrected chi connectivity index (χ0v) is 11.9. The van der Waals surface area contributed by atoms with E-state index < -0.39 is 0 Å². The van der Waals surface area contributed by atoms with Crippen LogP contribution in [0.4, 0.5) is 5.82 Å². The Hall–Kier alpha value is -2.76. The summed E-state index contributed by atoms with van der Waals surface area (Å²) in [5, 5.41) is 7.94. The van der Waals surface area contributed by atoms with Gasteiger partial charge < -0.3 is 5.32 Å². The molecular weight excluding hydrogens is 266 g/mol. The van der Waals surface area contributed by atoms with E-state index in [2.05, 4.69) is 27.3 Å². The molecule has 6 nitrogen and oxygen atoms in total. The molecule has 0 saturated heterocycles. The molecule has 0 spiro atoms. The maximum Gasteiger partial charge on any atom is 0.222 e. The van der Waals surface area contributed by atoms with Crippen molar-refractivity contribution in [3.8, 4) is 5.82 Å². The molecule has 0 fully saturated rings. The molecule has 106 valence electrons. The van der Waals surface area contributed by atoms with Crippen LogP contribution >= 0.6 is 0 Å². The van der Waals surface area contributed by atoms with Crippen LogP contribution in [0.1, 0.15) is 19.5 Å². The van der Waals surface area contributed by atoms with Gasteiger partial charge in [-0.1, -0.05) is 13.0 Å². The number of aromatic nitrogens is 4. The molecule has 3 rings (SSSR count). The fourth-order valence-corrected chi connectivity index (χ4v) is 2.13. The van der Waals surface area contributed by atoms with E-state index in [1.165, 1.54) is 6.92 Å². The first-order valence-corrected chi connectivity index (χ1v) is 6.75. The van der Waals surface area contributed by atoms with E-state index in [0.29, 0.717) is 5.82 Å². The van der Waals surface area contributed by atoms with Gasteiger partial charge in [-0.3, -0.25) is 4.79 Å². The van der Waals surface area contributed by atoms with Gasteiger partial charge in [-0.05, 0) is 18.6 Å². The van der Waals surface area contributed by atoms with Crippen LogP contribution in [0.15, 0.2) is 36.7 Å². The van der Waals surface area contributed by atoms with Gasteiger partial charge in [0, 0.05) is 30.3 Å². The van der Waals surface area contributed by atoms with Crippen LogP contribution in [-0.2, 0) is 11.2 Å². The van der Waals surface area contributed by atoms with Crippen molar-refractivity contribution in [3.63, 3.8) is 0 Å². The number of carbonyl (C=O) groups is 1. The molecule has 3 aromatic heterocycles. The Morgan fingerprint density at radius 1 is 1.33 bits per heavy atom. The molecule has 3 aromatic rings. The number of hydrogen-bond acceptors (Lipinski definition) is 4. The smallest absolute Gasteiger partial charge is 0.222 e. The summed E-state index contributed by atoms with van der Waals surface area (Å²) < 4.78 is 1.75. The van der Waals surface area contributed by atoms with Crippen LogP contribution in [-0.4, -0.2) is 25.7 Å². The maximum absolute atomic E-state index is 11.1. The number of anilines is 1. The Morgan fingerprint density at radius 3 is 2.95 bits per heavy atom. The number of pyridine rings is 2. The van der Waals surface area contributed by atoms with E-state index in [-0.39, 0.29) is 5.91 Å². The summed E-state index contributed by atoms with van der Waals surface area (Å²) in [7, 11) is 0. The molecule has 0 radical (unpaired) electrons. The molecule has 21 heavy (non-hydrogen) atoms. The first-order chi connectivity index (χ1) is 10.2. The Morgan fingerprint density at radius 2 is 2.19 bits per heavy atom. The van der Waals surface area contributed by atoms with Gasteiger partial charge >= 0.3 is 0 Å². The van der Waals surface area contributed by atoms with E-state index in [1.54, 1.807) is 23.1 Å². The molecule has 0 saturated carbocycles. The molecule has 1 amide bonds. The number of aryl methyl sites for hydroxylation is 1. The van der Waals surface area contributed by atoms with Crippen LogP contribution in [0, 0.1) is 0 Å². The van der Waals surface area contributed by atoms with Crippen LogP contribution in [0.25, 0.3) is 16.7 Å². The lowest BCUT2D eigenvalue weighted by molar-refractivity contribution is -0.114. The summed E-state index contributed by atoms with van der Waals surface area (Å²) in [4.78, 5) is 19.9. The summed E-state index contributed by atoms with van der Waals surface area (Å²) in [6.07, 6.45) is 4.29. The lowest BCUT2D eigenvalue weighted by Gasteiger charge is -2.06. The standard InChI is InChI=1S/C15H15N5O/c1-3-12-5-4-6-15(19-12)20-13-7-14(18-10(2)21)16-8-11(13)9-17-20/h4-9H,3H2,1-2H3,(H,16,18,21). The molecule has 0 aliphatic carbocycles. The lowest BCUT2D eigenvalue weighted by atomic mass is 10.3. The van der Waals surface area contributed by atoms with Gasteiger partial charge in [0.1, 0.15) is 5.82 Å². The molecule has 0 atom stereocenters. The number of carbonyl (C=O) groups excluding carboxylic acids is 1. The summed E-state index contributed by atoms with van der Waals surface area (Å²) in [6.45, 7) is 3.52. The third-order valence-corrected chi connectivity index (χ3v) is 3.13. The average molecular weight is 281 g/mol. The third kappa shape index (κ3) is 2.60. The summed E-state index contributed by atoms with van der Waals surface area (Å²) in [6, 6.07) is 7.65. The highest BCUT2D eigenvalue weighted by atomic mass is 16.1. The van der Waals surface area contributed by atoms with Gasteiger partial charge in [0.25, 0.3) is 0 Å². The van der Waals surface area contributed by atoms with E-state index >= 15 is 0 Å². The number of fused-ring (bicyclic) bond motifs is 1. The molecule has 0 aromatic carbocycles. The summed E-state index contributed by atoms with van der Waals surface area (Å²) >= 11 is 0. The van der Waals surface area contributed by atoms with Crippen molar-refractivity contribution in [3.05, 3.63) is 42.4 Å². The van der Waals surface area contributed by atoms with Crippen LogP contribution in [0.3, 0.4) is 0 Å². The number of hydrogen-bond donors (Lipinski definition) is 1. The van der Waals surface area contributed by atoms with Crippen LogP contribution in [0.2, 0.25) is 0 Å². The monoisotopic (exact) mass is 281 g/mol. The highest BCUT2D eigenvalue weighted by molar-refractivity contribution is 5.90. The topological polar surface area (TPSA) is 72.7 Å². The highest BCUT2D eigenvalue weighted by Crippen LogP contribution is 2.19. The van der Waals surface area contributed by atoms with Crippen molar-refractivity contribution in [2.75, 3.05) is 5.32 Å². The van der Waals surface area contributed by atoms with Crippen molar-refractivity contribution in [1.29, 1.82) is 0 Å². The second kappa shape index (κ2) is 5.32. The number of nitrogens with zero attached hydrogens (tertiary/aromatic N) is 4. The Balaban J connectivity index is 2.11. The number of nitrogens with one attached hydrogen (secondary N) is 1. The molecule has 0 aliphatic heterocycles. The Bertz CT molecular complexity index is 809. The quantitative estimate of drug-likeness (QED) is 0.799. The molecule has 0 unspecified atom stereocenters. The van der Waals surface area contributed by atoms with Crippen molar-refractivity contribution in [1.82, 2.24) is 19.7 Å². The average Bonchev–Trinajstić information content (AvgIpc) is 2.90. The van der Waals surface area contributed by atoms with Crippen molar-refractivity contribution < 1.29 is 4.79 Å². The normalized spacial score (nSPS) is 10.8. The van der Waals surface area contributed by atoms with E-state index in [0.717, 1.165) is 28.8 Å². The minimum Gasteiger partial charge on any atom is -0.311 e. The Labute approximate surface area is 121 Å². The maximum atomic E-state index is 11.1. The second-order valence-electron chi connectivity index (χ2n) is 4.71. The molecule has 1 N–H and O–H groups in total. The largest absolute Gasteiger partial charge is 0.311 e. The van der Waals surface area contributed by atoms with E-state index in [1.807, 2.05) is 18.2 Å². The van der Waals surface area contributed by atoms with Gasteiger partial charge in [-0.15, -0.1) is 0 Å². The van der Waals surface area contributed by atoms with Crippen molar-refractivity contribution >= 4 is 22.6 Å². The zero-order valence-electron chi connectivity index (χ0n) is 11.9. The molecule has 0 bridgehead atoms. The van der Waals surface area contributed by atoms with Crippen molar-refractivity contribution in [2.24, 2.45) is 0 Å². The number of rotatable bonds is 3. The van der Waals surface area contributed by atoms with Gasteiger partial charge in [-0.2, -0.15) is 5.10 Å². The van der Waals surface area contributed by atoms with Crippen molar-refractivity contribution in [2.45, 2.75) is 20.3 Å². The van der Waals surface area contributed by atoms with E-state index in [4.69, 9.17) is 0 Å². The fourth-order valence-electron chi connectivity index (χ4n) is 2.13. The van der Waals surface area contributed by atoms with Gasteiger partial charge in [-0.25, -0.2) is 14.6 Å².